The van der Waals surface area contributed by atoms with Crippen LogP contribution in [0.5, 0.6) is 0 Å². The molecule has 10 nitrogen and oxygen atoms in total. The summed E-state index contributed by atoms with van der Waals surface area (Å²) >= 11 is 0.985. The second-order valence-electron chi connectivity index (χ2n) is 6.84. The molecule has 2 amide bonds. The lowest BCUT2D eigenvalue weighted by molar-refractivity contribution is -0.152. The Bertz CT molecular complexity index is 961. The topological polar surface area (TPSA) is 139 Å². The summed E-state index contributed by atoms with van der Waals surface area (Å²) < 4.78 is 10.1. The molecule has 1 aromatic rings. The number of aliphatic carboxylic acids is 1. The summed E-state index contributed by atoms with van der Waals surface area (Å²) in [6.45, 7) is 1.85. The Morgan fingerprint density at radius 2 is 1.81 bits per heavy atom. The molecule has 2 heterocycles. The van der Waals surface area contributed by atoms with E-state index < -0.39 is 58.9 Å². The maximum atomic E-state index is 12.7. The van der Waals surface area contributed by atoms with Gasteiger partial charge in [0.2, 0.25) is 5.91 Å². The van der Waals surface area contributed by atoms with Gasteiger partial charge in [0.05, 0.1) is 6.42 Å². The van der Waals surface area contributed by atoms with Crippen molar-refractivity contribution in [2.24, 2.45) is 0 Å². The van der Waals surface area contributed by atoms with E-state index >= 15 is 0 Å². The van der Waals surface area contributed by atoms with Crippen molar-refractivity contribution in [3.05, 3.63) is 47.2 Å². The molecule has 3 atom stereocenters. The largest absolute Gasteiger partial charge is 0.477 e. The van der Waals surface area contributed by atoms with Gasteiger partial charge in [-0.1, -0.05) is 42.1 Å². The summed E-state index contributed by atoms with van der Waals surface area (Å²) in [5, 5.41) is 11.5. The van der Waals surface area contributed by atoms with E-state index in [1.165, 1.54) is 0 Å². The molecule has 3 rings (SSSR count). The number of rotatable bonds is 7. The Morgan fingerprint density at radius 3 is 2.39 bits per heavy atom. The number of β-lactam (4-membered cyclic amide) rings is 1. The minimum atomic E-state index is -1.44. The first-order valence-electron chi connectivity index (χ1n) is 9.27. The molecule has 1 unspecified atom stereocenters. The molecule has 1 aromatic carbocycles. The zero-order valence-electron chi connectivity index (χ0n) is 16.7. The Balaban J connectivity index is 1.83. The van der Waals surface area contributed by atoms with Gasteiger partial charge in [0.15, 0.2) is 5.44 Å². The van der Waals surface area contributed by atoms with Gasteiger partial charge in [-0.15, -0.1) is 0 Å². The van der Waals surface area contributed by atoms with Crippen molar-refractivity contribution >= 4 is 41.5 Å². The van der Waals surface area contributed by atoms with Crippen molar-refractivity contribution in [1.29, 1.82) is 0 Å². The van der Waals surface area contributed by atoms with Crippen molar-refractivity contribution in [2.75, 3.05) is 6.61 Å². The quantitative estimate of drug-likeness (QED) is 0.449. The van der Waals surface area contributed by atoms with Crippen molar-refractivity contribution in [3.8, 4) is 0 Å². The van der Waals surface area contributed by atoms with Gasteiger partial charge < -0.3 is 19.9 Å². The molecular formula is C20H20N2O8S. The molecule has 0 aliphatic carbocycles. The van der Waals surface area contributed by atoms with Gasteiger partial charge in [-0.3, -0.25) is 24.1 Å². The van der Waals surface area contributed by atoms with Crippen LogP contribution < -0.4 is 5.32 Å². The molecule has 2 aliphatic rings. The lowest BCUT2D eigenvalue weighted by Gasteiger charge is -2.50. The van der Waals surface area contributed by atoms with Crippen LogP contribution in [0, 0.1) is 0 Å². The fourth-order valence-electron chi connectivity index (χ4n) is 3.26. The molecule has 1 fully saturated rings. The minimum absolute atomic E-state index is 0.0263. The fraction of sp³-hybridized carbons (Fsp3) is 0.350. The normalized spacial score (nSPS) is 22.2. The highest BCUT2D eigenvalue weighted by molar-refractivity contribution is 8.00. The molecular weight excluding hydrogens is 428 g/mol. The second-order valence-corrected chi connectivity index (χ2v) is 8.03. The van der Waals surface area contributed by atoms with Gasteiger partial charge in [0, 0.05) is 19.4 Å². The smallest absolute Gasteiger partial charge is 0.352 e. The SMILES string of the molecule is CC(=O)OCC1=C(C(=O)O)N2C(=O)[C@@H](NC(=O)Cc3ccccc3)[C@H]2SC1OC(C)=O. The van der Waals surface area contributed by atoms with E-state index in [0.717, 1.165) is 36.1 Å². The molecule has 0 spiro atoms. The van der Waals surface area contributed by atoms with Crippen LogP contribution in [0.2, 0.25) is 0 Å². The van der Waals surface area contributed by atoms with Gasteiger partial charge in [-0.05, 0) is 5.56 Å². The first-order valence-corrected chi connectivity index (χ1v) is 10.2. The van der Waals surface area contributed by atoms with Crippen LogP contribution in [0.15, 0.2) is 41.6 Å². The number of amides is 2. The Hall–Kier alpha value is -3.34. The molecule has 0 aromatic heterocycles. The van der Waals surface area contributed by atoms with Gasteiger partial charge in [-0.2, -0.15) is 0 Å². The summed E-state index contributed by atoms with van der Waals surface area (Å²) in [5.74, 6) is -3.79. The van der Waals surface area contributed by atoms with Crippen LogP contribution in [0.1, 0.15) is 19.4 Å². The second kappa shape index (κ2) is 9.21. The number of fused-ring (bicyclic) bond motifs is 1. The number of hydrogen-bond donors (Lipinski definition) is 2. The third kappa shape index (κ3) is 4.88. The number of thioether (sulfide) groups is 1. The molecule has 0 radical (unpaired) electrons. The fourth-order valence-corrected chi connectivity index (χ4v) is 4.72. The molecule has 0 bridgehead atoms. The molecule has 31 heavy (non-hydrogen) atoms. The maximum Gasteiger partial charge on any atom is 0.352 e. The molecule has 1 saturated heterocycles. The summed E-state index contributed by atoms with van der Waals surface area (Å²) in [7, 11) is 0. The first kappa shape index (κ1) is 22.3. The summed E-state index contributed by atoms with van der Waals surface area (Å²) in [6, 6.07) is 7.95. The number of carbonyl (C=O) groups excluding carboxylic acids is 4. The minimum Gasteiger partial charge on any atom is -0.477 e. The lowest BCUT2D eigenvalue weighted by Crippen LogP contribution is -2.71. The maximum absolute atomic E-state index is 12.7. The van der Waals surface area contributed by atoms with Crippen LogP contribution in [0.25, 0.3) is 0 Å². The van der Waals surface area contributed by atoms with Gasteiger partial charge in [0.25, 0.3) is 5.91 Å². The predicted octanol–water partition coefficient (Wildman–Crippen LogP) is 0.420. The summed E-state index contributed by atoms with van der Waals surface area (Å²) in [6.07, 6.45) is 0.0503. The van der Waals surface area contributed by atoms with E-state index in [4.69, 9.17) is 9.47 Å². The van der Waals surface area contributed by atoms with E-state index in [2.05, 4.69) is 5.32 Å². The Morgan fingerprint density at radius 1 is 1.13 bits per heavy atom. The van der Waals surface area contributed by atoms with E-state index in [1.807, 2.05) is 6.07 Å². The monoisotopic (exact) mass is 448 g/mol. The third-order valence-corrected chi connectivity index (χ3v) is 5.96. The van der Waals surface area contributed by atoms with Crippen molar-refractivity contribution in [2.45, 2.75) is 37.1 Å². The van der Waals surface area contributed by atoms with Crippen molar-refractivity contribution in [3.63, 3.8) is 0 Å². The lowest BCUT2D eigenvalue weighted by atomic mass is 10.0. The predicted molar refractivity (Wildman–Crippen MR) is 107 cm³/mol. The summed E-state index contributed by atoms with van der Waals surface area (Å²) in [4.78, 5) is 60.8. The third-order valence-electron chi connectivity index (χ3n) is 4.57. The Kier molecular flexibility index (Phi) is 6.64. The van der Waals surface area contributed by atoms with Crippen molar-refractivity contribution < 1.29 is 38.6 Å². The highest BCUT2D eigenvalue weighted by Gasteiger charge is 2.57. The standard InChI is InChI=1S/C20H20N2O8S/c1-10(23)29-9-13-16(19(27)28)22-17(26)15(18(22)31-20(13)30-11(2)24)21-14(25)8-12-6-4-3-5-7-12/h3-7,15,18,20H,8-9H2,1-2H3,(H,21,25)(H,27,28)/t15-,18-,20?/m1/s1. The highest BCUT2D eigenvalue weighted by atomic mass is 32.2. The number of nitrogens with one attached hydrogen (secondary N) is 1. The van der Waals surface area contributed by atoms with Crippen molar-refractivity contribution in [1.82, 2.24) is 10.2 Å². The van der Waals surface area contributed by atoms with Crippen LogP contribution >= 0.6 is 11.8 Å². The molecule has 2 N–H and O–H groups in total. The zero-order chi connectivity index (χ0) is 22.7. The van der Waals surface area contributed by atoms with E-state index in [1.54, 1.807) is 24.3 Å². The molecule has 0 saturated carbocycles. The number of hydrogen-bond acceptors (Lipinski definition) is 8. The number of nitrogens with zero attached hydrogens (tertiary/aromatic N) is 1. The average molecular weight is 448 g/mol. The number of carboxylic acids is 1. The van der Waals surface area contributed by atoms with Crippen LogP contribution in [0.4, 0.5) is 0 Å². The van der Waals surface area contributed by atoms with Crippen LogP contribution in [-0.2, 0) is 39.9 Å². The number of ether oxygens (including phenoxy) is 2. The number of benzene rings is 1. The number of carboxylic acid groups (broad SMARTS) is 1. The molecule has 2 aliphatic heterocycles. The number of carbonyl (C=O) groups is 5. The van der Waals surface area contributed by atoms with E-state index in [-0.39, 0.29) is 12.0 Å². The zero-order valence-corrected chi connectivity index (χ0v) is 17.5. The van der Waals surface area contributed by atoms with Gasteiger partial charge >= 0.3 is 17.9 Å². The van der Waals surface area contributed by atoms with E-state index in [0.29, 0.717) is 0 Å². The molecule has 11 heteroatoms. The van der Waals surface area contributed by atoms with Gasteiger partial charge in [0.1, 0.15) is 23.7 Å². The summed E-state index contributed by atoms with van der Waals surface area (Å²) in [5.41, 5.74) is -0.783. The van der Waals surface area contributed by atoms with Gasteiger partial charge in [-0.25, -0.2) is 4.79 Å². The number of esters is 2. The Labute approximate surface area is 181 Å². The first-order chi connectivity index (χ1) is 14.7. The van der Waals surface area contributed by atoms with Crippen LogP contribution in [-0.4, -0.2) is 63.2 Å². The van der Waals surface area contributed by atoms with Crippen LogP contribution in [0.3, 0.4) is 0 Å². The average Bonchev–Trinajstić information content (AvgIpc) is 2.70. The molecule has 164 valence electrons. The highest BCUT2D eigenvalue weighted by Crippen LogP contribution is 2.44. The van der Waals surface area contributed by atoms with E-state index in [9.17, 15) is 29.1 Å².